The highest BCUT2D eigenvalue weighted by atomic mass is 16.4. The molecule has 0 aromatic rings. The normalized spacial score (nSPS) is 21.7. The van der Waals surface area contributed by atoms with Gasteiger partial charge in [0, 0.05) is 19.5 Å². The summed E-state index contributed by atoms with van der Waals surface area (Å²) < 4.78 is 0. The predicted octanol–water partition coefficient (Wildman–Crippen LogP) is -0.541. The van der Waals surface area contributed by atoms with Gasteiger partial charge in [-0.25, -0.2) is 4.79 Å². The van der Waals surface area contributed by atoms with E-state index in [2.05, 4.69) is 43.6 Å². The van der Waals surface area contributed by atoms with Crippen molar-refractivity contribution in [3.8, 4) is 0 Å². The molecule has 300 valence electrons. The lowest BCUT2D eigenvalue weighted by Gasteiger charge is -2.21. The molecule has 1 saturated carbocycles. The van der Waals surface area contributed by atoms with Crippen LogP contribution in [0.15, 0.2) is 12.2 Å². The monoisotopic (exact) mass is 748 g/mol. The number of carbonyl (C=O) groups is 6. The van der Waals surface area contributed by atoms with E-state index < -0.39 is 60.8 Å². The van der Waals surface area contributed by atoms with Crippen molar-refractivity contribution in [2.45, 2.75) is 108 Å². The highest BCUT2D eigenvalue weighted by Crippen LogP contribution is 2.51. The molecule has 0 aromatic carbocycles. The SMILES string of the molecule is NCCCC[C@H](NC(=O)CNC(=O)[C@H](CCCCN)NC(=O)CNC(=O)[C@H](CCCCN)NC(=O)CCCCCN1CC2C3C=CC(C3)C2C1)C(=O)O. The fraction of sp³-hybridized carbons (Fsp3) is 0.784. The molecule has 2 bridgehead atoms. The number of amides is 5. The molecule has 12 N–H and O–H groups in total. The summed E-state index contributed by atoms with van der Waals surface area (Å²) in [6.45, 7) is 3.74. The molecule has 7 atom stereocenters. The number of nitrogens with one attached hydrogen (secondary N) is 5. The molecule has 16 heteroatoms. The Labute approximate surface area is 313 Å². The molecule has 0 radical (unpaired) electrons. The third kappa shape index (κ3) is 15.3. The third-order valence-corrected chi connectivity index (χ3v) is 10.7. The molecule has 2 fully saturated rings. The lowest BCUT2D eigenvalue weighted by molar-refractivity contribution is -0.142. The summed E-state index contributed by atoms with van der Waals surface area (Å²) in [7, 11) is 0. The molecule has 1 saturated heterocycles. The van der Waals surface area contributed by atoms with Crippen LogP contribution in [-0.4, -0.2) is 116 Å². The van der Waals surface area contributed by atoms with Crippen LogP contribution in [0.4, 0.5) is 0 Å². The minimum Gasteiger partial charge on any atom is -0.480 e. The van der Waals surface area contributed by atoms with Gasteiger partial charge in [-0.15, -0.1) is 0 Å². The molecule has 1 heterocycles. The maximum absolute atomic E-state index is 13.1. The van der Waals surface area contributed by atoms with Gasteiger partial charge in [-0.2, -0.15) is 0 Å². The van der Waals surface area contributed by atoms with E-state index >= 15 is 0 Å². The van der Waals surface area contributed by atoms with E-state index in [-0.39, 0.29) is 18.7 Å². The van der Waals surface area contributed by atoms with Crippen molar-refractivity contribution in [1.29, 1.82) is 0 Å². The minimum absolute atomic E-state index is 0.200. The number of nitrogens with zero attached hydrogens (tertiary/aromatic N) is 1. The van der Waals surface area contributed by atoms with Crippen LogP contribution in [0.1, 0.15) is 89.9 Å². The first-order chi connectivity index (χ1) is 25.6. The second kappa shape index (κ2) is 23.9. The lowest BCUT2D eigenvalue weighted by Crippen LogP contribution is -2.53. The molecule has 5 amide bonds. The number of aliphatic carboxylic acids is 1. The van der Waals surface area contributed by atoms with E-state index in [9.17, 15) is 33.9 Å². The van der Waals surface area contributed by atoms with E-state index in [1.54, 1.807) is 0 Å². The van der Waals surface area contributed by atoms with E-state index in [4.69, 9.17) is 17.2 Å². The molecule has 16 nitrogen and oxygen atoms in total. The van der Waals surface area contributed by atoms with E-state index in [0.717, 1.165) is 49.5 Å². The Morgan fingerprint density at radius 3 is 1.53 bits per heavy atom. The molecule has 3 aliphatic rings. The zero-order chi connectivity index (χ0) is 38.6. The van der Waals surface area contributed by atoms with E-state index in [1.807, 2.05) is 0 Å². The summed E-state index contributed by atoms with van der Waals surface area (Å²) in [6, 6.07) is -2.96. The van der Waals surface area contributed by atoms with Crippen molar-refractivity contribution in [2.75, 3.05) is 52.4 Å². The van der Waals surface area contributed by atoms with Gasteiger partial charge in [0.15, 0.2) is 0 Å². The number of allylic oxidation sites excluding steroid dienone is 2. The third-order valence-electron chi connectivity index (χ3n) is 10.7. The fourth-order valence-corrected chi connectivity index (χ4v) is 7.83. The van der Waals surface area contributed by atoms with Crippen LogP contribution in [-0.2, 0) is 28.8 Å². The van der Waals surface area contributed by atoms with Gasteiger partial charge in [-0.3, -0.25) is 24.0 Å². The highest BCUT2D eigenvalue weighted by Gasteiger charge is 2.48. The summed E-state index contributed by atoms with van der Waals surface area (Å²) in [5.41, 5.74) is 16.7. The topological polar surface area (TPSA) is 264 Å². The van der Waals surface area contributed by atoms with Gasteiger partial charge in [0.2, 0.25) is 29.5 Å². The Bertz CT molecular complexity index is 1210. The number of hydrogen-bond acceptors (Lipinski definition) is 10. The van der Waals surface area contributed by atoms with Gasteiger partial charge in [0.25, 0.3) is 0 Å². The van der Waals surface area contributed by atoms with Crippen LogP contribution < -0.4 is 43.8 Å². The molecule has 4 unspecified atom stereocenters. The Balaban J connectivity index is 1.40. The number of rotatable bonds is 28. The number of fused-ring (bicyclic) bond motifs is 5. The van der Waals surface area contributed by atoms with E-state index in [0.29, 0.717) is 71.0 Å². The lowest BCUT2D eigenvalue weighted by atomic mass is 9.86. The Kier molecular flexibility index (Phi) is 19.8. The Morgan fingerprint density at radius 1 is 0.604 bits per heavy atom. The summed E-state index contributed by atoms with van der Waals surface area (Å²) in [6.07, 6.45) is 13.5. The molecular weight excluding hydrogens is 682 g/mol. The number of nitrogens with two attached hydrogens (primary N) is 3. The first kappa shape index (κ1) is 43.8. The maximum Gasteiger partial charge on any atom is 0.326 e. The smallest absolute Gasteiger partial charge is 0.326 e. The zero-order valence-electron chi connectivity index (χ0n) is 31.3. The van der Waals surface area contributed by atoms with E-state index in [1.165, 1.54) is 19.5 Å². The Hall–Kier alpha value is -3.60. The second-order valence-corrected chi connectivity index (χ2v) is 14.8. The maximum atomic E-state index is 13.1. The number of carboxylic acids is 1. The first-order valence-corrected chi connectivity index (χ1v) is 19.7. The zero-order valence-corrected chi connectivity index (χ0v) is 31.3. The molecule has 1 aliphatic heterocycles. The van der Waals surface area contributed by atoms with Gasteiger partial charge >= 0.3 is 5.97 Å². The number of likely N-dealkylation sites (tertiary alicyclic amines) is 1. The number of hydrogen-bond donors (Lipinski definition) is 9. The second-order valence-electron chi connectivity index (χ2n) is 14.8. The van der Waals surface area contributed by atoms with Crippen LogP contribution in [0.5, 0.6) is 0 Å². The summed E-state index contributed by atoms with van der Waals surface area (Å²) in [4.78, 5) is 78.3. The van der Waals surface area contributed by atoms with Gasteiger partial charge in [0.1, 0.15) is 18.1 Å². The summed E-state index contributed by atoms with van der Waals surface area (Å²) >= 11 is 0. The summed E-state index contributed by atoms with van der Waals surface area (Å²) in [5, 5.41) is 22.3. The van der Waals surface area contributed by atoms with Crippen LogP contribution in [0.2, 0.25) is 0 Å². The average molecular weight is 748 g/mol. The number of unbranched alkanes of at least 4 members (excludes halogenated alkanes) is 5. The van der Waals surface area contributed by atoms with Crippen molar-refractivity contribution < 1.29 is 33.9 Å². The number of carboxylic acid groups (broad SMARTS) is 1. The van der Waals surface area contributed by atoms with Crippen molar-refractivity contribution >= 4 is 35.5 Å². The van der Waals surface area contributed by atoms with Crippen molar-refractivity contribution in [3.05, 3.63) is 12.2 Å². The van der Waals surface area contributed by atoms with Crippen LogP contribution in [0.3, 0.4) is 0 Å². The molecule has 0 spiro atoms. The fourth-order valence-electron chi connectivity index (χ4n) is 7.83. The molecule has 0 aromatic heterocycles. The largest absolute Gasteiger partial charge is 0.480 e. The van der Waals surface area contributed by atoms with Crippen molar-refractivity contribution in [2.24, 2.45) is 40.9 Å². The van der Waals surface area contributed by atoms with Crippen LogP contribution in [0.25, 0.3) is 0 Å². The highest BCUT2D eigenvalue weighted by molar-refractivity contribution is 5.94. The van der Waals surface area contributed by atoms with Gasteiger partial charge < -0.3 is 53.8 Å². The minimum atomic E-state index is -1.19. The molecule has 2 aliphatic carbocycles. The number of carbonyl (C=O) groups excluding carboxylic acids is 5. The van der Waals surface area contributed by atoms with Crippen LogP contribution >= 0.6 is 0 Å². The van der Waals surface area contributed by atoms with Gasteiger partial charge in [0.05, 0.1) is 13.1 Å². The summed E-state index contributed by atoms with van der Waals surface area (Å²) in [5.74, 6) is -0.692. The molecular formula is C37H65N9O7. The van der Waals surface area contributed by atoms with Crippen LogP contribution in [0, 0.1) is 23.7 Å². The first-order valence-electron chi connectivity index (χ1n) is 19.7. The van der Waals surface area contributed by atoms with Crippen molar-refractivity contribution in [1.82, 2.24) is 31.5 Å². The Morgan fingerprint density at radius 2 is 1.06 bits per heavy atom. The molecule has 3 rings (SSSR count). The quantitative estimate of drug-likeness (QED) is 0.0363. The van der Waals surface area contributed by atoms with Crippen molar-refractivity contribution in [3.63, 3.8) is 0 Å². The van der Waals surface area contributed by atoms with Gasteiger partial charge in [-0.05, 0) is 127 Å². The predicted molar refractivity (Wildman–Crippen MR) is 201 cm³/mol. The molecule has 53 heavy (non-hydrogen) atoms. The standard InChI is InChI=1S/C37H65N9O7/c38-16-6-3-10-29(43-32(47)13-2-1-9-19-46-23-27-25-14-15-26(20-25)28(27)24-46)35(50)41-21-33(48)44-30(11-4-7-17-39)36(51)42-22-34(49)45-31(37(52)53)12-5-8-18-40/h14-15,25-31H,1-13,16-24,38-40H2,(H,41,50)(H,42,51)(H,43,47)(H,44,48)(H,45,49)(H,52,53)/t25?,26?,27?,28?,29-,30-,31-/m0/s1. The average Bonchev–Trinajstić information content (AvgIpc) is 3.87. The van der Waals surface area contributed by atoms with Gasteiger partial charge in [-0.1, -0.05) is 18.6 Å².